The normalized spacial score (nSPS) is 15.8. The Hall–Kier alpha value is -2.87. The van der Waals surface area contributed by atoms with Crippen molar-refractivity contribution in [2.75, 3.05) is 7.11 Å². The number of aromatic nitrogens is 4. The van der Waals surface area contributed by atoms with Crippen LogP contribution in [0.15, 0.2) is 24.5 Å². The maximum Gasteiger partial charge on any atom is 0.173 e. The van der Waals surface area contributed by atoms with Crippen LogP contribution in [0.5, 0.6) is 11.5 Å². The minimum Gasteiger partial charge on any atom is -0.493 e. The van der Waals surface area contributed by atoms with Crippen LogP contribution in [0.25, 0.3) is 11.2 Å². The lowest BCUT2D eigenvalue weighted by Crippen LogP contribution is -2.14. The first-order valence-corrected chi connectivity index (χ1v) is 9.56. The van der Waals surface area contributed by atoms with Gasteiger partial charge in [0.25, 0.3) is 0 Å². The molecule has 1 aliphatic rings. The molecule has 0 bridgehead atoms. The highest BCUT2D eigenvalue weighted by atomic mass is 16.5. The molecular formula is C20H25N5O3. The molecule has 28 heavy (non-hydrogen) atoms. The van der Waals surface area contributed by atoms with Gasteiger partial charge in [-0.3, -0.25) is 5.41 Å². The molecule has 3 N–H and O–H groups in total. The fraction of sp³-hybridized carbons (Fsp3) is 0.450. The van der Waals surface area contributed by atoms with E-state index in [4.69, 9.17) is 14.9 Å². The molecule has 0 saturated heterocycles. The second kappa shape index (κ2) is 7.63. The molecule has 0 spiro atoms. The molecule has 1 aliphatic carbocycles. The highest BCUT2D eigenvalue weighted by Gasteiger charge is 2.19. The number of hydrogen-bond acceptors (Lipinski definition) is 6. The van der Waals surface area contributed by atoms with E-state index in [-0.39, 0.29) is 11.6 Å². The molecule has 1 saturated carbocycles. The van der Waals surface area contributed by atoms with Crippen LogP contribution in [0.2, 0.25) is 0 Å². The average molecular weight is 383 g/mol. The first-order valence-electron chi connectivity index (χ1n) is 9.56. The lowest BCUT2D eigenvalue weighted by atomic mass is 10.2. The number of aliphatic hydroxyl groups excluding tert-OH is 1. The van der Waals surface area contributed by atoms with Crippen LogP contribution >= 0.6 is 0 Å². The number of benzene rings is 1. The van der Waals surface area contributed by atoms with Gasteiger partial charge < -0.3 is 24.1 Å². The standard InChI is InChI=1S/C20H25N5O3/c1-12(26)19-23-17-18(21)22-11-25(20(17)24-19)10-13-7-8-15(27-2)16(9-13)28-14-5-3-4-6-14/h7-9,11-12,14,21,26H,3-6,10H2,1-2H3,(H,23,24). The van der Waals surface area contributed by atoms with Gasteiger partial charge in [-0.25, -0.2) is 9.97 Å². The number of nitrogens with one attached hydrogen (secondary N) is 2. The van der Waals surface area contributed by atoms with Crippen molar-refractivity contribution in [2.45, 2.75) is 51.4 Å². The SMILES string of the molecule is COc1ccc(Cn2cnc(=N)c3[nH]c(C(C)O)nc32)cc1OC1CCCC1. The van der Waals surface area contributed by atoms with Gasteiger partial charge in [-0.2, -0.15) is 0 Å². The van der Waals surface area contributed by atoms with E-state index in [2.05, 4.69) is 15.0 Å². The van der Waals surface area contributed by atoms with E-state index in [9.17, 15) is 5.11 Å². The Morgan fingerprint density at radius 1 is 1.32 bits per heavy atom. The third-order valence-electron chi connectivity index (χ3n) is 5.11. The van der Waals surface area contributed by atoms with Crippen LogP contribution in [0.3, 0.4) is 0 Å². The third-order valence-corrected chi connectivity index (χ3v) is 5.11. The lowest BCUT2D eigenvalue weighted by molar-refractivity contribution is 0.190. The molecule has 2 aromatic heterocycles. The number of rotatable bonds is 6. The van der Waals surface area contributed by atoms with Gasteiger partial charge in [-0.1, -0.05) is 6.07 Å². The smallest absolute Gasteiger partial charge is 0.173 e. The van der Waals surface area contributed by atoms with Crippen LogP contribution in [0, 0.1) is 5.41 Å². The number of H-pyrrole nitrogens is 1. The van der Waals surface area contributed by atoms with Gasteiger partial charge in [-0.15, -0.1) is 0 Å². The largest absolute Gasteiger partial charge is 0.493 e. The van der Waals surface area contributed by atoms with E-state index in [0.29, 0.717) is 23.5 Å². The second-order valence-corrected chi connectivity index (χ2v) is 7.23. The van der Waals surface area contributed by atoms with Crippen molar-refractivity contribution in [2.24, 2.45) is 0 Å². The van der Waals surface area contributed by atoms with Crippen molar-refractivity contribution in [1.29, 1.82) is 5.41 Å². The summed E-state index contributed by atoms with van der Waals surface area (Å²) in [6.45, 7) is 2.15. The lowest BCUT2D eigenvalue weighted by Gasteiger charge is -2.17. The monoisotopic (exact) mass is 383 g/mol. The predicted octanol–water partition coefficient (Wildman–Crippen LogP) is 2.67. The Morgan fingerprint density at radius 2 is 2.11 bits per heavy atom. The summed E-state index contributed by atoms with van der Waals surface area (Å²) >= 11 is 0. The maximum atomic E-state index is 9.81. The molecule has 4 rings (SSSR count). The molecule has 0 radical (unpaired) electrons. The Labute approximate surface area is 162 Å². The van der Waals surface area contributed by atoms with Gasteiger partial charge in [0.05, 0.1) is 26.1 Å². The molecule has 8 nitrogen and oxygen atoms in total. The molecule has 0 amide bonds. The summed E-state index contributed by atoms with van der Waals surface area (Å²) in [4.78, 5) is 11.6. The van der Waals surface area contributed by atoms with Gasteiger partial charge in [0, 0.05) is 0 Å². The van der Waals surface area contributed by atoms with Crippen LogP contribution in [-0.4, -0.2) is 37.8 Å². The van der Waals surface area contributed by atoms with E-state index in [1.165, 1.54) is 12.8 Å². The molecule has 1 fully saturated rings. The summed E-state index contributed by atoms with van der Waals surface area (Å²) in [7, 11) is 1.65. The van der Waals surface area contributed by atoms with E-state index >= 15 is 0 Å². The van der Waals surface area contributed by atoms with Crippen molar-refractivity contribution < 1.29 is 14.6 Å². The number of nitrogens with zero attached hydrogens (tertiary/aromatic N) is 3. The van der Waals surface area contributed by atoms with Crippen molar-refractivity contribution in [1.82, 2.24) is 19.5 Å². The van der Waals surface area contributed by atoms with Gasteiger partial charge in [0.1, 0.15) is 17.4 Å². The van der Waals surface area contributed by atoms with Gasteiger partial charge >= 0.3 is 0 Å². The zero-order valence-corrected chi connectivity index (χ0v) is 16.1. The minimum absolute atomic E-state index is 0.102. The molecule has 1 aromatic carbocycles. The molecule has 148 valence electrons. The second-order valence-electron chi connectivity index (χ2n) is 7.23. The Kier molecular flexibility index (Phi) is 5.04. The fourth-order valence-electron chi connectivity index (χ4n) is 3.61. The Bertz CT molecular complexity index is 1030. The first-order chi connectivity index (χ1) is 13.5. The summed E-state index contributed by atoms with van der Waals surface area (Å²) in [6, 6.07) is 5.89. The molecule has 8 heteroatoms. The summed E-state index contributed by atoms with van der Waals surface area (Å²) < 4.78 is 13.5. The van der Waals surface area contributed by atoms with Crippen molar-refractivity contribution in [3.63, 3.8) is 0 Å². The number of imidazole rings is 1. The third kappa shape index (κ3) is 3.60. The highest BCUT2D eigenvalue weighted by Crippen LogP contribution is 2.32. The zero-order valence-electron chi connectivity index (χ0n) is 16.1. The van der Waals surface area contributed by atoms with Crippen molar-refractivity contribution in [3.05, 3.63) is 41.4 Å². The van der Waals surface area contributed by atoms with Crippen LogP contribution in [0.1, 0.15) is 50.1 Å². The van der Waals surface area contributed by atoms with E-state index in [1.807, 2.05) is 22.8 Å². The molecule has 1 unspecified atom stereocenters. The van der Waals surface area contributed by atoms with Crippen LogP contribution < -0.4 is 15.0 Å². The Balaban J connectivity index is 1.67. The van der Waals surface area contributed by atoms with E-state index in [1.54, 1.807) is 20.4 Å². The highest BCUT2D eigenvalue weighted by molar-refractivity contribution is 5.69. The van der Waals surface area contributed by atoms with E-state index < -0.39 is 6.10 Å². The van der Waals surface area contributed by atoms with Gasteiger partial charge in [-0.05, 0) is 50.3 Å². The predicted molar refractivity (Wildman–Crippen MR) is 103 cm³/mol. The average Bonchev–Trinajstić information content (AvgIpc) is 3.35. The number of methoxy groups -OCH3 is 1. The molecule has 3 aromatic rings. The summed E-state index contributed by atoms with van der Waals surface area (Å²) in [5, 5.41) is 17.8. The van der Waals surface area contributed by atoms with Gasteiger partial charge in [0.2, 0.25) is 0 Å². The van der Waals surface area contributed by atoms with Crippen molar-refractivity contribution >= 4 is 11.2 Å². The molecule has 2 heterocycles. The molecule has 1 atom stereocenters. The fourth-order valence-corrected chi connectivity index (χ4v) is 3.61. The molecular weight excluding hydrogens is 358 g/mol. The van der Waals surface area contributed by atoms with E-state index in [0.717, 1.165) is 29.9 Å². The molecule has 0 aliphatic heterocycles. The van der Waals surface area contributed by atoms with Crippen LogP contribution in [-0.2, 0) is 6.54 Å². The number of ether oxygens (including phenoxy) is 2. The number of aliphatic hydroxyl groups is 1. The van der Waals surface area contributed by atoms with Crippen molar-refractivity contribution in [3.8, 4) is 11.5 Å². The summed E-state index contributed by atoms with van der Waals surface area (Å²) in [6.07, 6.45) is 5.66. The topological polar surface area (TPSA) is 109 Å². The number of fused-ring (bicyclic) bond motifs is 1. The number of hydrogen-bond donors (Lipinski definition) is 3. The minimum atomic E-state index is -0.743. The quantitative estimate of drug-likeness (QED) is 0.606. The van der Waals surface area contributed by atoms with Crippen LogP contribution in [0.4, 0.5) is 0 Å². The zero-order chi connectivity index (χ0) is 19.7. The maximum absolute atomic E-state index is 9.81. The van der Waals surface area contributed by atoms with Gasteiger partial charge in [0.15, 0.2) is 22.6 Å². The summed E-state index contributed by atoms with van der Waals surface area (Å²) in [5.74, 6) is 1.90. The number of aromatic amines is 1. The first kappa shape index (κ1) is 18.5. The summed E-state index contributed by atoms with van der Waals surface area (Å²) in [5.41, 5.74) is 2.21. The Morgan fingerprint density at radius 3 is 2.82 bits per heavy atom.